The summed E-state index contributed by atoms with van der Waals surface area (Å²) in [6.45, 7) is 3.94. The smallest absolute Gasteiger partial charge is 0.265 e. The van der Waals surface area contributed by atoms with Gasteiger partial charge in [0.15, 0.2) is 0 Å². The highest BCUT2D eigenvalue weighted by Gasteiger charge is 2.23. The molecule has 1 aliphatic heterocycles. The molecule has 0 radical (unpaired) electrons. The molecule has 0 spiro atoms. The lowest BCUT2D eigenvalue weighted by Crippen LogP contribution is -2.26. The van der Waals surface area contributed by atoms with Crippen LogP contribution in [0.2, 0.25) is 0 Å². The lowest BCUT2D eigenvalue weighted by molar-refractivity contribution is 0.0967. The first kappa shape index (κ1) is 19.5. The predicted molar refractivity (Wildman–Crippen MR) is 113 cm³/mol. The number of carbonyl (C=O) groups excluding carboxylic acids is 1. The third-order valence-electron chi connectivity index (χ3n) is 4.88. The number of pyridine rings is 1. The third kappa shape index (κ3) is 3.84. The molecule has 4 rings (SSSR count). The number of hydrogen-bond donors (Lipinski definition) is 1. The maximum absolute atomic E-state index is 13.1. The molecule has 3 aromatic rings. The largest absolute Gasteiger partial charge is 0.442 e. The lowest BCUT2D eigenvalue weighted by atomic mass is 10.1. The number of carbonyl (C=O) groups is 1. The van der Waals surface area contributed by atoms with Crippen molar-refractivity contribution >= 4 is 23.2 Å². The highest BCUT2D eigenvalue weighted by atomic mass is 16.3. The Labute approximate surface area is 172 Å². The summed E-state index contributed by atoms with van der Waals surface area (Å²) in [5.41, 5.74) is 2.39. The van der Waals surface area contributed by atoms with Crippen molar-refractivity contribution in [3.8, 4) is 0 Å². The minimum atomic E-state index is -0.434. The van der Waals surface area contributed by atoms with Gasteiger partial charge in [0.1, 0.15) is 17.5 Å². The van der Waals surface area contributed by atoms with Gasteiger partial charge in [-0.25, -0.2) is 4.98 Å². The second kappa shape index (κ2) is 8.28. The summed E-state index contributed by atoms with van der Waals surface area (Å²) in [6.07, 6.45) is 9.96. The second-order valence-corrected chi connectivity index (χ2v) is 6.94. The molecule has 0 unspecified atom stereocenters. The number of fused-ring (bicyclic) bond motifs is 1. The van der Waals surface area contributed by atoms with Crippen LogP contribution in [0.3, 0.4) is 0 Å². The van der Waals surface area contributed by atoms with Gasteiger partial charge in [-0.3, -0.25) is 24.1 Å². The molecule has 152 valence electrons. The summed E-state index contributed by atoms with van der Waals surface area (Å²) in [6, 6.07) is 5.48. The van der Waals surface area contributed by atoms with E-state index in [1.165, 1.54) is 10.9 Å². The zero-order chi connectivity index (χ0) is 21.1. The number of nitrogens with zero attached hydrogens (tertiary/aromatic N) is 4. The molecule has 4 heterocycles. The zero-order valence-electron chi connectivity index (χ0n) is 16.8. The van der Waals surface area contributed by atoms with Gasteiger partial charge in [-0.1, -0.05) is 18.6 Å². The normalized spacial score (nSPS) is 13.7. The Bertz CT molecular complexity index is 1250. The minimum Gasteiger partial charge on any atom is -0.442 e. The van der Waals surface area contributed by atoms with E-state index in [1.54, 1.807) is 31.6 Å². The number of aryl methyl sites for hydroxylation is 1. The minimum absolute atomic E-state index is 0.137. The maximum Gasteiger partial charge on any atom is 0.265 e. The molecule has 0 aromatic carbocycles. The molecular weight excluding hydrogens is 382 g/mol. The van der Waals surface area contributed by atoms with Gasteiger partial charge in [0.05, 0.1) is 23.5 Å². The van der Waals surface area contributed by atoms with Gasteiger partial charge in [0.2, 0.25) is 5.71 Å². The lowest BCUT2D eigenvalue weighted by Gasteiger charge is -2.07. The van der Waals surface area contributed by atoms with Crippen LogP contribution >= 0.6 is 0 Å². The van der Waals surface area contributed by atoms with Crippen LogP contribution in [0.4, 0.5) is 0 Å². The summed E-state index contributed by atoms with van der Waals surface area (Å²) in [4.78, 5) is 38.8. The highest BCUT2D eigenvalue weighted by Crippen LogP contribution is 2.22. The van der Waals surface area contributed by atoms with Crippen molar-refractivity contribution in [2.45, 2.75) is 33.2 Å². The van der Waals surface area contributed by atoms with Crippen molar-refractivity contribution in [1.82, 2.24) is 19.9 Å². The van der Waals surface area contributed by atoms with Gasteiger partial charge < -0.3 is 9.73 Å². The molecular formula is C22H21N5O3. The number of rotatable bonds is 5. The molecule has 1 N–H and O–H groups in total. The van der Waals surface area contributed by atoms with Crippen LogP contribution in [0.1, 0.15) is 41.6 Å². The van der Waals surface area contributed by atoms with Crippen LogP contribution in [0, 0.1) is 6.92 Å². The number of aromatic nitrogens is 3. The van der Waals surface area contributed by atoms with Crippen molar-refractivity contribution < 1.29 is 9.21 Å². The Balaban J connectivity index is 1.72. The summed E-state index contributed by atoms with van der Waals surface area (Å²) < 4.78 is 7.01. The van der Waals surface area contributed by atoms with E-state index in [-0.39, 0.29) is 28.8 Å². The van der Waals surface area contributed by atoms with Crippen molar-refractivity contribution in [2.24, 2.45) is 4.99 Å². The Morgan fingerprint density at radius 2 is 2.17 bits per heavy atom. The fourth-order valence-electron chi connectivity index (χ4n) is 3.32. The van der Waals surface area contributed by atoms with Crippen LogP contribution < -0.4 is 10.9 Å². The van der Waals surface area contributed by atoms with Crippen LogP contribution in [-0.2, 0) is 6.54 Å². The Kier molecular flexibility index (Phi) is 5.38. The molecule has 3 aromatic heterocycles. The number of allylic oxidation sites excluding steroid dienone is 2. The number of aliphatic imine (C=N–C) groups is 1. The van der Waals surface area contributed by atoms with Crippen molar-refractivity contribution in [1.29, 1.82) is 0 Å². The molecule has 8 heteroatoms. The SMILES string of the molecule is CCC1=CC(NC(=O)c2c(C)oc3ncn(Cc4ccccn4)c(=O)c23)=CN=CC1. The van der Waals surface area contributed by atoms with Crippen LogP contribution in [0.25, 0.3) is 11.1 Å². The molecule has 30 heavy (non-hydrogen) atoms. The number of amides is 1. The van der Waals surface area contributed by atoms with Gasteiger partial charge in [-0.15, -0.1) is 0 Å². The molecule has 8 nitrogen and oxygen atoms in total. The molecule has 0 fully saturated rings. The van der Waals surface area contributed by atoms with Crippen LogP contribution in [-0.4, -0.2) is 26.7 Å². The average Bonchev–Trinajstić information content (AvgIpc) is 2.92. The molecule has 0 atom stereocenters. The van der Waals surface area contributed by atoms with Crippen LogP contribution in [0.5, 0.6) is 0 Å². The van der Waals surface area contributed by atoms with Crippen LogP contribution in [0.15, 0.2) is 68.5 Å². The van der Waals surface area contributed by atoms with E-state index < -0.39 is 5.91 Å². The Hall–Kier alpha value is -3.81. The standard InChI is InChI=1S/C22H21N5O3/c1-3-15-7-9-23-11-17(10-15)26-20(28)18-14(2)30-21-19(18)22(29)27(13-25-21)12-16-6-4-5-8-24-16/h4-6,8-11,13H,3,7,12H2,1-2H3,(H,26,28). The summed E-state index contributed by atoms with van der Waals surface area (Å²) in [5, 5.41) is 2.99. The summed E-state index contributed by atoms with van der Waals surface area (Å²) in [5.74, 6) is -0.101. The summed E-state index contributed by atoms with van der Waals surface area (Å²) >= 11 is 0. The van der Waals surface area contributed by atoms with Gasteiger partial charge in [0.25, 0.3) is 11.5 Å². The first-order chi connectivity index (χ1) is 14.6. The van der Waals surface area contributed by atoms with Gasteiger partial charge >= 0.3 is 0 Å². The molecule has 1 aliphatic rings. The number of hydrogen-bond acceptors (Lipinski definition) is 6. The molecule has 1 amide bonds. The van der Waals surface area contributed by atoms with Gasteiger partial charge in [0, 0.05) is 25.0 Å². The number of furan rings is 1. The first-order valence-electron chi connectivity index (χ1n) is 9.68. The maximum atomic E-state index is 13.1. The zero-order valence-corrected chi connectivity index (χ0v) is 16.8. The molecule has 0 saturated heterocycles. The van der Waals surface area contributed by atoms with Gasteiger partial charge in [-0.05, 0) is 31.6 Å². The Morgan fingerprint density at radius 3 is 2.93 bits per heavy atom. The summed E-state index contributed by atoms with van der Waals surface area (Å²) in [7, 11) is 0. The number of nitrogens with one attached hydrogen (secondary N) is 1. The van der Waals surface area contributed by atoms with E-state index in [1.807, 2.05) is 25.1 Å². The fraction of sp³-hybridized carbons (Fsp3) is 0.227. The molecule has 0 saturated carbocycles. The van der Waals surface area contributed by atoms with Crippen molar-refractivity contribution in [3.63, 3.8) is 0 Å². The van der Waals surface area contributed by atoms with E-state index in [9.17, 15) is 9.59 Å². The van der Waals surface area contributed by atoms with E-state index in [0.717, 1.165) is 18.4 Å². The first-order valence-corrected chi connectivity index (χ1v) is 9.68. The molecule has 0 aliphatic carbocycles. The van der Waals surface area contributed by atoms with E-state index >= 15 is 0 Å². The van der Waals surface area contributed by atoms with Gasteiger partial charge in [-0.2, -0.15) is 0 Å². The topological polar surface area (TPSA) is 102 Å². The predicted octanol–water partition coefficient (Wildman–Crippen LogP) is 3.12. The quantitative estimate of drug-likeness (QED) is 0.705. The monoisotopic (exact) mass is 403 g/mol. The Morgan fingerprint density at radius 1 is 1.30 bits per heavy atom. The van der Waals surface area contributed by atoms with Crippen molar-refractivity contribution in [3.05, 3.63) is 81.6 Å². The van der Waals surface area contributed by atoms with E-state index in [0.29, 0.717) is 17.2 Å². The van der Waals surface area contributed by atoms with Crippen molar-refractivity contribution in [2.75, 3.05) is 0 Å². The molecule has 0 bridgehead atoms. The average molecular weight is 403 g/mol. The highest BCUT2D eigenvalue weighted by molar-refractivity contribution is 6.07. The second-order valence-electron chi connectivity index (χ2n) is 6.94. The van der Waals surface area contributed by atoms with E-state index in [2.05, 4.69) is 20.3 Å². The third-order valence-corrected chi connectivity index (χ3v) is 4.88. The fourth-order valence-corrected chi connectivity index (χ4v) is 3.32. The van der Waals surface area contributed by atoms with E-state index in [4.69, 9.17) is 4.42 Å².